The van der Waals surface area contributed by atoms with Crippen molar-refractivity contribution >= 4 is 28.9 Å². The summed E-state index contributed by atoms with van der Waals surface area (Å²) in [5.74, 6) is 0.0209. The summed E-state index contributed by atoms with van der Waals surface area (Å²) in [6, 6.07) is 0. The van der Waals surface area contributed by atoms with Crippen LogP contribution in [-0.4, -0.2) is 70.9 Å². The number of carbonyl (C=O) groups is 1. The summed E-state index contributed by atoms with van der Waals surface area (Å²) < 4.78 is 1.62. The number of carbonyl (C=O) groups excluding carboxylic acids is 1. The zero-order valence-corrected chi connectivity index (χ0v) is 15.7. The lowest BCUT2D eigenvalue weighted by Crippen LogP contribution is -2.37. The number of likely N-dealkylation sites (tertiary alicyclic amines) is 1. The molecule has 0 bridgehead atoms. The predicted molar refractivity (Wildman–Crippen MR) is 100 cm³/mol. The molecule has 24 heavy (non-hydrogen) atoms. The van der Waals surface area contributed by atoms with Crippen molar-refractivity contribution in [2.45, 2.75) is 25.7 Å². The van der Waals surface area contributed by atoms with E-state index >= 15 is 0 Å². The third-order valence-electron chi connectivity index (χ3n) is 4.10. The Hall–Kier alpha value is -1.67. The second kappa shape index (κ2) is 8.98. The number of thiocarbonyl (C=S) groups is 1. The van der Waals surface area contributed by atoms with E-state index in [0.29, 0.717) is 16.5 Å². The van der Waals surface area contributed by atoms with Crippen molar-refractivity contribution < 1.29 is 4.79 Å². The first-order valence-corrected chi connectivity index (χ1v) is 8.90. The normalized spacial score (nSPS) is 14.8. The number of hydrogen-bond donors (Lipinski definition) is 2. The van der Waals surface area contributed by atoms with Crippen LogP contribution in [0.15, 0.2) is 6.20 Å². The highest BCUT2D eigenvalue weighted by molar-refractivity contribution is 7.80. The fourth-order valence-corrected chi connectivity index (χ4v) is 3.01. The lowest BCUT2D eigenvalue weighted by Gasteiger charge is -2.27. The number of hydrogen-bond acceptors (Lipinski definition) is 4. The number of rotatable bonds is 6. The molecule has 2 heterocycles. The number of nitrogens with zero attached hydrogens (tertiary/aromatic N) is 4. The fraction of sp³-hybridized carbons (Fsp3) is 0.688. The summed E-state index contributed by atoms with van der Waals surface area (Å²) in [6.45, 7) is 3.42. The van der Waals surface area contributed by atoms with Crippen molar-refractivity contribution in [2.75, 3.05) is 45.6 Å². The van der Waals surface area contributed by atoms with Crippen LogP contribution < -0.4 is 10.6 Å². The molecule has 0 aliphatic carbocycles. The Bertz CT molecular complexity index is 565. The van der Waals surface area contributed by atoms with E-state index in [1.54, 1.807) is 17.9 Å². The fourth-order valence-electron chi connectivity index (χ4n) is 2.79. The van der Waals surface area contributed by atoms with E-state index in [2.05, 4.69) is 20.6 Å². The zero-order valence-electron chi connectivity index (χ0n) is 14.8. The van der Waals surface area contributed by atoms with Gasteiger partial charge in [-0.1, -0.05) is 0 Å². The maximum Gasteiger partial charge on any atom is 0.274 e. The van der Waals surface area contributed by atoms with Gasteiger partial charge in [0.15, 0.2) is 5.11 Å². The van der Waals surface area contributed by atoms with Crippen molar-refractivity contribution in [2.24, 2.45) is 7.05 Å². The van der Waals surface area contributed by atoms with Crippen LogP contribution in [0.4, 0.5) is 5.69 Å². The Morgan fingerprint density at radius 3 is 2.71 bits per heavy atom. The van der Waals surface area contributed by atoms with E-state index in [9.17, 15) is 4.79 Å². The molecule has 1 aromatic heterocycles. The average molecular weight is 353 g/mol. The van der Waals surface area contributed by atoms with Gasteiger partial charge in [-0.2, -0.15) is 5.10 Å². The molecule has 0 aromatic carbocycles. The maximum atomic E-state index is 12.8. The van der Waals surface area contributed by atoms with E-state index in [0.717, 1.165) is 45.4 Å². The molecule has 0 atom stereocenters. The van der Waals surface area contributed by atoms with E-state index in [-0.39, 0.29) is 5.91 Å². The topological polar surface area (TPSA) is 65.4 Å². The van der Waals surface area contributed by atoms with Crippen molar-refractivity contribution in [1.82, 2.24) is 24.9 Å². The monoisotopic (exact) mass is 352 g/mol. The van der Waals surface area contributed by atoms with Crippen LogP contribution in [0.5, 0.6) is 0 Å². The minimum absolute atomic E-state index is 0.0209. The highest BCUT2D eigenvalue weighted by Crippen LogP contribution is 2.19. The molecule has 8 heteroatoms. The average Bonchev–Trinajstić information content (AvgIpc) is 2.92. The SMILES string of the molecule is CN(C)CCCNC(=S)Nc1cnn(C)c1C(=O)N1CCCCC1. The molecule has 1 fully saturated rings. The summed E-state index contributed by atoms with van der Waals surface area (Å²) >= 11 is 5.33. The molecule has 1 aliphatic rings. The smallest absolute Gasteiger partial charge is 0.274 e. The van der Waals surface area contributed by atoms with Gasteiger partial charge in [0.25, 0.3) is 5.91 Å². The first kappa shape index (κ1) is 18.7. The van der Waals surface area contributed by atoms with Gasteiger partial charge in [0.05, 0.1) is 11.9 Å². The quantitative estimate of drug-likeness (QED) is 0.594. The van der Waals surface area contributed by atoms with Crippen molar-refractivity contribution in [1.29, 1.82) is 0 Å². The van der Waals surface area contributed by atoms with Gasteiger partial charge in [0.2, 0.25) is 0 Å². The summed E-state index contributed by atoms with van der Waals surface area (Å²) in [4.78, 5) is 16.8. The number of amides is 1. The van der Waals surface area contributed by atoms with Crippen LogP contribution in [0.1, 0.15) is 36.2 Å². The van der Waals surface area contributed by atoms with Crippen LogP contribution >= 0.6 is 12.2 Å². The number of nitrogens with one attached hydrogen (secondary N) is 2. The third-order valence-corrected chi connectivity index (χ3v) is 4.35. The lowest BCUT2D eigenvalue weighted by atomic mass is 10.1. The summed E-state index contributed by atoms with van der Waals surface area (Å²) in [6.07, 6.45) is 5.99. The number of piperidine rings is 1. The molecule has 2 N–H and O–H groups in total. The van der Waals surface area contributed by atoms with Crippen molar-refractivity contribution in [3.63, 3.8) is 0 Å². The Morgan fingerprint density at radius 2 is 2.04 bits per heavy atom. The Kier molecular flexibility index (Phi) is 6.99. The number of aryl methyl sites for hydroxylation is 1. The molecule has 1 aromatic rings. The molecule has 2 rings (SSSR count). The molecule has 7 nitrogen and oxygen atoms in total. The summed E-state index contributed by atoms with van der Waals surface area (Å²) in [7, 11) is 5.88. The molecule has 0 radical (unpaired) electrons. The van der Waals surface area contributed by atoms with Gasteiger partial charge in [0.1, 0.15) is 5.69 Å². The van der Waals surface area contributed by atoms with Crippen LogP contribution in [0.3, 0.4) is 0 Å². The van der Waals surface area contributed by atoms with Gasteiger partial charge >= 0.3 is 0 Å². The Morgan fingerprint density at radius 1 is 1.33 bits per heavy atom. The zero-order chi connectivity index (χ0) is 17.5. The van der Waals surface area contributed by atoms with Gasteiger partial charge in [-0.15, -0.1) is 0 Å². The van der Waals surface area contributed by atoms with Gasteiger partial charge in [0, 0.05) is 26.7 Å². The van der Waals surface area contributed by atoms with Crippen LogP contribution in [0.25, 0.3) is 0 Å². The molecule has 0 saturated carbocycles. The number of aromatic nitrogens is 2. The second-order valence-electron chi connectivity index (χ2n) is 6.42. The predicted octanol–water partition coefficient (Wildman–Crippen LogP) is 1.28. The molecule has 1 amide bonds. The maximum absolute atomic E-state index is 12.8. The van der Waals surface area contributed by atoms with E-state index in [4.69, 9.17) is 12.2 Å². The molecule has 1 saturated heterocycles. The van der Waals surface area contributed by atoms with Gasteiger partial charge in [-0.25, -0.2) is 0 Å². The molecule has 134 valence electrons. The third kappa shape index (κ3) is 5.17. The molecule has 1 aliphatic heterocycles. The first-order valence-electron chi connectivity index (χ1n) is 8.50. The number of anilines is 1. The highest BCUT2D eigenvalue weighted by Gasteiger charge is 2.24. The highest BCUT2D eigenvalue weighted by atomic mass is 32.1. The van der Waals surface area contributed by atoms with E-state index in [1.807, 2.05) is 19.0 Å². The van der Waals surface area contributed by atoms with Crippen molar-refractivity contribution in [3.8, 4) is 0 Å². The van der Waals surface area contributed by atoms with Crippen LogP contribution in [-0.2, 0) is 7.05 Å². The first-order chi connectivity index (χ1) is 11.5. The van der Waals surface area contributed by atoms with Crippen LogP contribution in [0, 0.1) is 0 Å². The van der Waals surface area contributed by atoms with Crippen LogP contribution in [0.2, 0.25) is 0 Å². The molecule has 0 spiro atoms. The minimum atomic E-state index is 0.0209. The standard InChI is InChI=1S/C16H28N6OS/c1-20(2)9-7-8-17-16(24)19-13-12-18-21(3)14(13)15(23)22-10-5-4-6-11-22/h12H,4-11H2,1-3H3,(H2,17,19,24). The van der Waals surface area contributed by atoms with Gasteiger partial charge in [-0.3, -0.25) is 9.48 Å². The molecule has 0 unspecified atom stereocenters. The van der Waals surface area contributed by atoms with Crippen molar-refractivity contribution in [3.05, 3.63) is 11.9 Å². The largest absolute Gasteiger partial charge is 0.362 e. The Balaban J connectivity index is 1.93. The lowest BCUT2D eigenvalue weighted by molar-refractivity contribution is 0.0714. The van der Waals surface area contributed by atoms with Gasteiger partial charge < -0.3 is 20.4 Å². The summed E-state index contributed by atoms with van der Waals surface area (Å²) in [5.41, 5.74) is 1.23. The second-order valence-corrected chi connectivity index (χ2v) is 6.83. The van der Waals surface area contributed by atoms with E-state index < -0.39 is 0 Å². The molecular weight excluding hydrogens is 324 g/mol. The Labute approximate surface area is 149 Å². The molecular formula is C16H28N6OS. The summed E-state index contributed by atoms with van der Waals surface area (Å²) in [5, 5.41) is 11.0. The van der Waals surface area contributed by atoms with E-state index in [1.165, 1.54) is 6.42 Å². The van der Waals surface area contributed by atoms with Gasteiger partial charge in [-0.05, 0) is 58.5 Å². The minimum Gasteiger partial charge on any atom is -0.362 e.